The molecule has 1 fully saturated rings. The molecule has 0 bridgehead atoms. The van der Waals surface area contributed by atoms with E-state index < -0.39 is 0 Å². The van der Waals surface area contributed by atoms with Gasteiger partial charge in [-0.1, -0.05) is 23.2 Å². The van der Waals surface area contributed by atoms with E-state index in [9.17, 15) is 0 Å². The molecule has 1 aliphatic heterocycles. The van der Waals surface area contributed by atoms with Crippen LogP contribution in [0.25, 0.3) is 0 Å². The highest BCUT2D eigenvalue weighted by molar-refractivity contribution is 6.42. The van der Waals surface area contributed by atoms with Crippen molar-refractivity contribution < 1.29 is 5.32 Å². The molecule has 2 rings (SSSR count). The van der Waals surface area contributed by atoms with E-state index in [1.165, 1.54) is 5.69 Å². The van der Waals surface area contributed by atoms with Crippen LogP contribution in [0.5, 0.6) is 0 Å². The first-order valence-electron chi connectivity index (χ1n) is 4.79. The molecule has 4 heteroatoms. The Labute approximate surface area is 93.8 Å². The fraction of sp³-hybridized carbons (Fsp3) is 0.400. The van der Waals surface area contributed by atoms with Gasteiger partial charge in [0.05, 0.1) is 36.2 Å². The van der Waals surface area contributed by atoms with Crippen molar-refractivity contribution in [2.24, 2.45) is 0 Å². The van der Waals surface area contributed by atoms with Gasteiger partial charge in [0, 0.05) is 5.69 Å². The second-order valence-electron chi connectivity index (χ2n) is 3.45. The van der Waals surface area contributed by atoms with Gasteiger partial charge in [0.15, 0.2) is 0 Å². The maximum Gasteiger partial charge on any atom is 0.0934 e. The minimum Gasteiger partial charge on any atom is -0.360 e. The summed E-state index contributed by atoms with van der Waals surface area (Å²) in [5.41, 5.74) is 1.17. The van der Waals surface area contributed by atoms with Crippen LogP contribution < -0.4 is 10.2 Å². The van der Waals surface area contributed by atoms with Crippen molar-refractivity contribution in [1.82, 2.24) is 0 Å². The number of quaternary nitrogens is 1. The largest absolute Gasteiger partial charge is 0.360 e. The molecule has 2 N–H and O–H groups in total. The van der Waals surface area contributed by atoms with E-state index in [4.69, 9.17) is 23.2 Å². The highest BCUT2D eigenvalue weighted by Gasteiger charge is 2.13. The van der Waals surface area contributed by atoms with Crippen molar-refractivity contribution in [2.75, 3.05) is 31.1 Å². The summed E-state index contributed by atoms with van der Waals surface area (Å²) < 4.78 is 0. The lowest BCUT2D eigenvalue weighted by Crippen LogP contribution is -2.89. The minimum absolute atomic E-state index is 0.624. The number of nitrogens with zero attached hydrogens (tertiary/aromatic N) is 1. The lowest BCUT2D eigenvalue weighted by molar-refractivity contribution is -0.655. The van der Waals surface area contributed by atoms with Crippen molar-refractivity contribution in [3.63, 3.8) is 0 Å². The summed E-state index contributed by atoms with van der Waals surface area (Å²) in [6.45, 7) is 4.47. The van der Waals surface area contributed by atoms with Crippen molar-refractivity contribution in [3.8, 4) is 0 Å². The number of hydrogen-bond acceptors (Lipinski definition) is 1. The fourth-order valence-corrected chi connectivity index (χ4v) is 1.98. The van der Waals surface area contributed by atoms with Gasteiger partial charge in [-0.2, -0.15) is 0 Å². The van der Waals surface area contributed by atoms with Gasteiger partial charge in [-0.05, 0) is 18.2 Å². The van der Waals surface area contributed by atoms with E-state index in [2.05, 4.69) is 10.2 Å². The summed E-state index contributed by atoms with van der Waals surface area (Å²) in [5.74, 6) is 0. The second-order valence-corrected chi connectivity index (χ2v) is 4.27. The molecule has 0 radical (unpaired) electrons. The smallest absolute Gasteiger partial charge is 0.0934 e. The topological polar surface area (TPSA) is 19.9 Å². The Bertz CT molecular complexity index is 322. The predicted octanol–water partition coefficient (Wildman–Crippen LogP) is 1.38. The second kappa shape index (κ2) is 4.39. The molecule has 1 heterocycles. The van der Waals surface area contributed by atoms with Crippen LogP contribution in [-0.4, -0.2) is 26.2 Å². The molecule has 1 aromatic rings. The Morgan fingerprint density at radius 1 is 1.07 bits per heavy atom. The van der Waals surface area contributed by atoms with Gasteiger partial charge in [0.25, 0.3) is 0 Å². The van der Waals surface area contributed by atoms with Crippen LogP contribution in [0, 0.1) is 0 Å². The first-order valence-corrected chi connectivity index (χ1v) is 5.54. The molecule has 1 aliphatic rings. The summed E-state index contributed by atoms with van der Waals surface area (Å²) in [5, 5.41) is 3.59. The normalized spacial score (nSPS) is 17.1. The van der Waals surface area contributed by atoms with E-state index >= 15 is 0 Å². The number of piperazine rings is 1. The maximum absolute atomic E-state index is 5.97. The molecule has 0 aromatic heterocycles. The number of anilines is 1. The lowest BCUT2D eigenvalue weighted by atomic mass is 10.2. The maximum atomic E-state index is 5.97. The molecular formula is C10H13Cl2N2+. The lowest BCUT2D eigenvalue weighted by Gasteiger charge is -2.27. The van der Waals surface area contributed by atoms with Gasteiger partial charge in [-0.25, -0.2) is 0 Å². The third-order valence-electron chi connectivity index (χ3n) is 2.47. The minimum atomic E-state index is 0.624. The molecule has 1 aromatic carbocycles. The van der Waals surface area contributed by atoms with Gasteiger partial charge in [0.1, 0.15) is 0 Å². The van der Waals surface area contributed by atoms with Gasteiger partial charge >= 0.3 is 0 Å². The third kappa shape index (κ3) is 2.14. The molecule has 0 saturated carbocycles. The van der Waals surface area contributed by atoms with E-state index in [0.717, 1.165) is 26.2 Å². The number of nitrogens with two attached hydrogens (primary N) is 1. The average molecular weight is 232 g/mol. The van der Waals surface area contributed by atoms with Crippen molar-refractivity contribution in [3.05, 3.63) is 28.2 Å². The Kier molecular flexibility index (Phi) is 3.16. The Morgan fingerprint density at radius 3 is 2.43 bits per heavy atom. The quantitative estimate of drug-likeness (QED) is 0.775. The summed E-state index contributed by atoms with van der Waals surface area (Å²) >= 11 is 11.8. The predicted molar refractivity (Wildman–Crippen MR) is 60.3 cm³/mol. The monoisotopic (exact) mass is 231 g/mol. The molecular weight excluding hydrogens is 219 g/mol. The highest BCUT2D eigenvalue weighted by atomic mass is 35.5. The molecule has 2 nitrogen and oxygen atoms in total. The Balaban J connectivity index is 2.18. The number of halogens is 2. The Hall–Kier alpha value is -0.440. The highest BCUT2D eigenvalue weighted by Crippen LogP contribution is 2.26. The molecule has 76 valence electrons. The SMILES string of the molecule is Clc1ccc(N2CC[NH2+]CC2)cc1Cl. The van der Waals surface area contributed by atoms with Crippen LogP contribution in [0.4, 0.5) is 5.69 Å². The van der Waals surface area contributed by atoms with E-state index in [-0.39, 0.29) is 0 Å². The molecule has 0 spiro atoms. The van der Waals surface area contributed by atoms with Crippen molar-refractivity contribution in [2.45, 2.75) is 0 Å². The number of hydrogen-bond donors (Lipinski definition) is 1. The zero-order chi connectivity index (χ0) is 9.97. The van der Waals surface area contributed by atoms with Crippen LogP contribution in [0.1, 0.15) is 0 Å². The molecule has 0 unspecified atom stereocenters. The summed E-state index contributed by atoms with van der Waals surface area (Å²) in [4.78, 5) is 2.34. The van der Waals surface area contributed by atoms with E-state index in [1.807, 2.05) is 18.2 Å². The average Bonchev–Trinajstić information content (AvgIpc) is 2.23. The first kappa shape index (κ1) is 10.1. The van der Waals surface area contributed by atoms with Gasteiger partial charge in [-0.3, -0.25) is 0 Å². The van der Waals surface area contributed by atoms with Crippen LogP contribution >= 0.6 is 23.2 Å². The standard InChI is InChI=1S/C10H12Cl2N2/c11-9-2-1-8(7-10(9)12)14-5-3-13-4-6-14/h1-2,7,13H,3-6H2/p+1. The molecule has 0 amide bonds. The van der Waals surface area contributed by atoms with Crippen LogP contribution in [0.3, 0.4) is 0 Å². The third-order valence-corrected chi connectivity index (χ3v) is 3.21. The van der Waals surface area contributed by atoms with Crippen molar-refractivity contribution >= 4 is 28.9 Å². The summed E-state index contributed by atoms with van der Waals surface area (Å²) in [6.07, 6.45) is 0. The van der Waals surface area contributed by atoms with E-state index in [1.54, 1.807) is 0 Å². The first-order chi connectivity index (χ1) is 6.77. The number of rotatable bonds is 1. The van der Waals surface area contributed by atoms with Gasteiger partial charge in [-0.15, -0.1) is 0 Å². The van der Waals surface area contributed by atoms with Crippen LogP contribution in [0.15, 0.2) is 18.2 Å². The molecule has 0 aliphatic carbocycles. The van der Waals surface area contributed by atoms with Gasteiger partial charge in [0.2, 0.25) is 0 Å². The summed E-state index contributed by atoms with van der Waals surface area (Å²) in [6, 6.07) is 5.83. The number of benzene rings is 1. The van der Waals surface area contributed by atoms with Gasteiger partial charge < -0.3 is 10.2 Å². The zero-order valence-corrected chi connectivity index (χ0v) is 9.35. The Morgan fingerprint density at radius 2 is 1.79 bits per heavy atom. The zero-order valence-electron chi connectivity index (χ0n) is 7.84. The summed E-state index contributed by atoms with van der Waals surface area (Å²) in [7, 11) is 0. The van der Waals surface area contributed by atoms with Crippen LogP contribution in [-0.2, 0) is 0 Å². The van der Waals surface area contributed by atoms with Crippen molar-refractivity contribution in [1.29, 1.82) is 0 Å². The molecule has 14 heavy (non-hydrogen) atoms. The fourth-order valence-electron chi connectivity index (χ4n) is 1.69. The molecule has 0 atom stereocenters. The van der Waals surface area contributed by atoms with Crippen LogP contribution in [0.2, 0.25) is 10.0 Å². The van der Waals surface area contributed by atoms with E-state index in [0.29, 0.717) is 10.0 Å². The molecule has 1 saturated heterocycles.